The van der Waals surface area contributed by atoms with Crippen molar-refractivity contribution in [1.29, 1.82) is 0 Å². The van der Waals surface area contributed by atoms with Gasteiger partial charge in [0.1, 0.15) is 22.4 Å². The van der Waals surface area contributed by atoms with Gasteiger partial charge in [-0.1, -0.05) is 29.5 Å². The maximum atomic E-state index is 12.1. The molecule has 2 aromatic carbocycles. The van der Waals surface area contributed by atoms with Crippen molar-refractivity contribution >= 4 is 17.0 Å². The first kappa shape index (κ1) is 25.3. The predicted molar refractivity (Wildman–Crippen MR) is 146 cm³/mol. The highest BCUT2D eigenvalue weighted by molar-refractivity contribution is 5.83. The second-order valence-electron chi connectivity index (χ2n) is 11.2. The number of pyridine rings is 1. The molecule has 0 bridgehead atoms. The summed E-state index contributed by atoms with van der Waals surface area (Å²) in [5.74, 6) is 0.115. The van der Waals surface area contributed by atoms with Gasteiger partial charge in [-0.2, -0.15) is 0 Å². The number of nitrogens with zero attached hydrogens (tertiary/aromatic N) is 5. The summed E-state index contributed by atoms with van der Waals surface area (Å²) in [6.07, 6.45) is 3.73. The van der Waals surface area contributed by atoms with E-state index in [1.165, 1.54) is 11.1 Å². The van der Waals surface area contributed by atoms with Gasteiger partial charge in [0.2, 0.25) is 5.88 Å². The second-order valence-corrected chi connectivity index (χ2v) is 11.2. The normalized spacial score (nSPS) is 19.1. The lowest BCUT2D eigenvalue weighted by atomic mass is 9.86. The van der Waals surface area contributed by atoms with Gasteiger partial charge in [0, 0.05) is 43.9 Å². The van der Waals surface area contributed by atoms with Crippen LogP contribution in [-0.2, 0) is 24.8 Å². The number of fused-ring (bicyclic) bond motifs is 3. The number of methoxy groups -OCH3 is 1. The average molecular weight is 528 g/mol. The van der Waals surface area contributed by atoms with Crippen LogP contribution in [0.25, 0.3) is 11.0 Å². The number of aliphatic carboxylic acids is 1. The molecular weight excluding hydrogens is 494 g/mol. The van der Waals surface area contributed by atoms with Gasteiger partial charge < -0.3 is 14.6 Å². The molecule has 1 N–H and O–H groups in total. The van der Waals surface area contributed by atoms with Crippen LogP contribution < -0.4 is 9.47 Å². The van der Waals surface area contributed by atoms with Gasteiger partial charge in [0.05, 0.1) is 13.5 Å². The van der Waals surface area contributed by atoms with Crippen LogP contribution in [0.4, 0.5) is 0 Å². The van der Waals surface area contributed by atoms with Crippen molar-refractivity contribution < 1.29 is 19.4 Å². The zero-order valence-corrected chi connectivity index (χ0v) is 22.7. The van der Waals surface area contributed by atoms with E-state index < -0.39 is 11.6 Å². The van der Waals surface area contributed by atoms with Crippen LogP contribution in [0.2, 0.25) is 0 Å². The molecule has 9 heteroatoms. The van der Waals surface area contributed by atoms with Gasteiger partial charge in [0.15, 0.2) is 0 Å². The van der Waals surface area contributed by atoms with E-state index in [4.69, 9.17) is 9.47 Å². The maximum Gasteiger partial charge on any atom is 0.304 e. The standard InChI is InChI=1S/C30H33N5O4/c1-30(2)17-35(16-20-6-5-11-31-29(20)39-30)25-10-9-18-7-8-19(12-23(18)25)22(15-27(36)37)21-13-24-28(26(14-21)38-4)34(3)33-32-24/h5-8,11-14,22,25H,9-10,15-17H2,1-4H3,(H,36,37). The van der Waals surface area contributed by atoms with Crippen LogP contribution in [0.1, 0.15) is 66.5 Å². The molecule has 9 nitrogen and oxygen atoms in total. The Balaban J connectivity index is 1.40. The Hall–Kier alpha value is -3.98. The zero-order chi connectivity index (χ0) is 27.3. The summed E-state index contributed by atoms with van der Waals surface area (Å²) in [4.78, 5) is 19.0. The highest BCUT2D eigenvalue weighted by atomic mass is 16.5. The molecule has 0 radical (unpaired) electrons. The van der Waals surface area contributed by atoms with Crippen LogP contribution in [0, 0.1) is 0 Å². The fraction of sp³-hybridized carbons (Fsp3) is 0.400. The number of hydrogen-bond donors (Lipinski definition) is 1. The third-order valence-corrected chi connectivity index (χ3v) is 7.93. The van der Waals surface area contributed by atoms with Crippen LogP contribution in [0.3, 0.4) is 0 Å². The van der Waals surface area contributed by atoms with Crippen LogP contribution >= 0.6 is 0 Å². The number of aryl methyl sites for hydroxylation is 2. The number of ether oxygens (including phenoxy) is 2. The highest BCUT2D eigenvalue weighted by Crippen LogP contribution is 2.42. The van der Waals surface area contributed by atoms with E-state index in [2.05, 4.69) is 58.3 Å². The van der Waals surface area contributed by atoms with Crippen molar-refractivity contribution in [2.45, 2.75) is 57.2 Å². The van der Waals surface area contributed by atoms with Gasteiger partial charge in [-0.15, -0.1) is 5.10 Å². The van der Waals surface area contributed by atoms with Crippen molar-refractivity contribution in [3.63, 3.8) is 0 Å². The molecular formula is C30H33N5O4. The number of rotatable bonds is 6. The third-order valence-electron chi connectivity index (χ3n) is 7.93. The lowest BCUT2D eigenvalue weighted by Gasteiger charge is -2.33. The fourth-order valence-electron chi connectivity index (χ4n) is 6.24. The molecule has 39 heavy (non-hydrogen) atoms. The van der Waals surface area contributed by atoms with E-state index in [0.717, 1.165) is 48.1 Å². The number of carboxylic acid groups (broad SMARTS) is 1. The molecule has 2 aliphatic rings. The minimum absolute atomic E-state index is 0.0397. The van der Waals surface area contributed by atoms with Crippen molar-refractivity contribution in [3.8, 4) is 11.6 Å². The van der Waals surface area contributed by atoms with Gasteiger partial charge in [-0.05, 0) is 67.1 Å². The van der Waals surface area contributed by atoms with E-state index in [-0.39, 0.29) is 18.4 Å². The average Bonchev–Trinajstić information content (AvgIpc) is 3.46. The summed E-state index contributed by atoms with van der Waals surface area (Å²) in [5, 5.41) is 18.3. The Morgan fingerprint density at radius 1 is 1.21 bits per heavy atom. The maximum absolute atomic E-state index is 12.1. The molecule has 0 spiro atoms. The summed E-state index contributed by atoms with van der Waals surface area (Å²) >= 11 is 0. The highest BCUT2D eigenvalue weighted by Gasteiger charge is 2.36. The Kier molecular flexibility index (Phi) is 6.26. The Bertz CT molecular complexity index is 1560. The van der Waals surface area contributed by atoms with Gasteiger partial charge >= 0.3 is 5.97 Å². The summed E-state index contributed by atoms with van der Waals surface area (Å²) in [6, 6.07) is 14.6. The van der Waals surface area contributed by atoms with Crippen molar-refractivity contribution in [3.05, 3.63) is 76.5 Å². The van der Waals surface area contributed by atoms with Crippen molar-refractivity contribution in [1.82, 2.24) is 24.9 Å². The molecule has 2 aromatic heterocycles. The summed E-state index contributed by atoms with van der Waals surface area (Å²) in [7, 11) is 3.42. The summed E-state index contributed by atoms with van der Waals surface area (Å²) in [5.41, 5.74) is 6.55. The van der Waals surface area contributed by atoms with Crippen molar-refractivity contribution in [2.24, 2.45) is 7.05 Å². The molecule has 0 fully saturated rings. The van der Waals surface area contributed by atoms with Crippen LogP contribution in [-0.4, -0.2) is 55.2 Å². The molecule has 202 valence electrons. The molecule has 0 amide bonds. The number of hydrogen-bond acceptors (Lipinski definition) is 7. The largest absolute Gasteiger partial charge is 0.494 e. The predicted octanol–water partition coefficient (Wildman–Crippen LogP) is 4.64. The van der Waals surface area contributed by atoms with Crippen molar-refractivity contribution in [2.75, 3.05) is 13.7 Å². The molecule has 0 saturated carbocycles. The van der Waals surface area contributed by atoms with Gasteiger partial charge in [-0.25, -0.2) is 9.67 Å². The molecule has 4 aromatic rings. The molecule has 3 heterocycles. The number of aromatic nitrogens is 4. The Labute approximate surface area is 227 Å². The molecule has 6 rings (SSSR count). The number of carboxylic acids is 1. The fourth-order valence-corrected chi connectivity index (χ4v) is 6.24. The van der Waals surface area contributed by atoms with Gasteiger partial charge in [-0.3, -0.25) is 9.69 Å². The van der Waals surface area contributed by atoms with E-state index in [1.54, 1.807) is 18.0 Å². The number of benzene rings is 2. The minimum atomic E-state index is -0.856. The lowest BCUT2D eigenvalue weighted by molar-refractivity contribution is -0.137. The van der Waals surface area contributed by atoms with E-state index in [1.807, 2.05) is 25.2 Å². The Morgan fingerprint density at radius 3 is 2.85 bits per heavy atom. The quantitative estimate of drug-likeness (QED) is 0.387. The van der Waals surface area contributed by atoms with E-state index in [0.29, 0.717) is 17.1 Å². The van der Waals surface area contributed by atoms with Crippen LogP contribution in [0.5, 0.6) is 11.6 Å². The monoisotopic (exact) mass is 527 g/mol. The topological polar surface area (TPSA) is 103 Å². The smallest absolute Gasteiger partial charge is 0.304 e. The van der Waals surface area contributed by atoms with E-state index >= 15 is 0 Å². The van der Waals surface area contributed by atoms with Crippen LogP contribution in [0.15, 0.2) is 48.7 Å². The molecule has 1 aliphatic carbocycles. The van der Waals surface area contributed by atoms with E-state index in [9.17, 15) is 9.90 Å². The zero-order valence-electron chi connectivity index (χ0n) is 22.7. The third kappa shape index (κ3) is 4.71. The lowest BCUT2D eigenvalue weighted by Crippen LogP contribution is -2.41. The Morgan fingerprint density at radius 2 is 2.05 bits per heavy atom. The first-order valence-electron chi connectivity index (χ1n) is 13.3. The first-order chi connectivity index (χ1) is 18.7. The summed E-state index contributed by atoms with van der Waals surface area (Å²) < 4.78 is 13.6. The second kappa shape index (κ2) is 9.64. The summed E-state index contributed by atoms with van der Waals surface area (Å²) in [6.45, 7) is 5.72. The molecule has 1 aliphatic heterocycles. The SMILES string of the molecule is COc1cc(C(CC(=O)O)c2ccc3c(c2)C(N2Cc4cccnc4OC(C)(C)C2)CC3)cc2nnn(C)c12. The molecule has 2 atom stereocenters. The first-order valence-corrected chi connectivity index (χ1v) is 13.3. The number of carbonyl (C=O) groups is 1. The van der Waals surface area contributed by atoms with Gasteiger partial charge in [0.25, 0.3) is 0 Å². The molecule has 2 unspecified atom stereocenters. The minimum Gasteiger partial charge on any atom is -0.494 e. The molecule has 0 saturated heterocycles.